The minimum Gasteiger partial charge on any atom is -0.387 e. The summed E-state index contributed by atoms with van der Waals surface area (Å²) in [5, 5.41) is 19.6. The third kappa shape index (κ3) is 6.14. The van der Waals surface area contributed by atoms with E-state index in [9.17, 15) is 9.90 Å². The molecule has 0 fully saturated rings. The molecule has 5 heteroatoms. The summed E-state index contributed by atoms with van der Waals surface area (Å²) < 4.78 is 0. The van der Waals surface area contributed by atoms with E-state index < -0.39 is 6.10 Å². The Morgan fingerprint density at radius 2 is 2.28 bits per heavy atom. The molecule has 0 bridgehead atoms. The van der Waals surface area contributed by atoms with Gasteiger partial charge in [-0.1, -0.05) is 13.8 Å². The number of rotatable bonds is 8. The van der Waals surface area contributed by atoms with Crippen LogP contribution in [0, 0.1) is 0 Å². The van der Waals surface area contributed by atoms with Crippen molar-refractivity contribution in [1.82, 2.24) is 10.6 Å². The van der Waals surface area contributed by atoms with Gasteiger partial charge in [-0.3, -0.25) is 4.79 Å². The van der Waals surface area contributed by atoms with Crippen molar-refractivity contribution in [3.05, 3.63) is 22.4 Å². The first kappa shape index (κ1) is 15.1. The monoisotopic (exact) mass is 270 g/mol. The molecule has 0 spiro atoms. The van der Waals surface area contributed by atoms with Crippen LogP contribution in [0.15, 0.2) is 16.8 Å². The maximum absolute atomic E-state index is 11.5. The van der Waals surface area contributed by atoms with Crippen LogP contribution < -0.4 is 10.6 Å². The lowest BCUT2D eigenvalue weighted by Crippen LogP contribution is -2.29. The van der Waals surface area contributed by atoms with Gasteiger partial charge in [-0.05, 0) is 35.4 Å². The Morgan fingerprint density at radius 3 is 2.89 bits per heavy atom. The smallest absolute Gasteiger partial charge is 0.220 e. The summed E-state index contributed by atoms with van der Waals surface area (Å²) in [6.07, 6.45) is 0.711. The van der Waals surface area contributed by atoms with Crippen molar-refractivity contribution >= 4 is 17.2 Å². The zero-order valence-electron chi connectivity index (χ0n) is 11.0. The van der Waals surface area contributed by atoms with Crippen molar-refractivity contribution in [2.45, 2.75) is 38.8 Å². The zero-order chi connectivity index (χ0) is 13.4. The average Bonchev–Trinajstić information content (AvgIpc) is 2.85. The Morgan fingerprint density at radius 1 is 1.50 bits per heavy atom. The van der Waals surface area contributed by atoms with Crippen LogP contribution in [0.3, 0.4) is 0 Å². The highest BCUT2D eigenvalue weighted by molar-refractivity contribution is 7.07. The second-order valence-electron chi connectivity index (χ2n) is 4.59. The quantitative estimate of drug-likeness (QED) is 0.630. The molecule has 102 valence electrons. The average molecular weight is 270 g/mol. The lowest BCUT2D eigenvalue weighted by Gasteiger charge is -2.11. The number of nitrogens with one attached hydrogen (secondary N) is 2. The first-order chi connectivity index (χ1) is 8.59. The first-order valence-corrected chi connectivity index (χ1v) is 7.24. The molecule has 18 heavy (non-hydrogen) atoms. The second-order valence-corrected chi connectivity index (χ2v) is 5.37. The van der Waals surface area contributed by atoms with Crippen molar-refractivity contribution in [3.63, 3.8) is 0 Å². The molecular weight excluding hydrogens is 248 g/mol. The molecule has 3 N–H and O–H groups in total. The van der Waals surface area contributed by atoms with Gasteiger partial charge in [0.1, 0.15) is 0 Å². The Kier molecular flexibility index (Phi) is 6.93. The predicted octanol–water partition coefficient (Wildman–Crippen LogP) is 1.68. The van der Waals surface area contributed by atoms with E-state index in [1.165, 1.54) is 0 Å². The SMILES string of the molecule is CC(C)NCCCC(=O)NCC(O)c1ccsc1. The van der Waals surface area contributed by atoms with Crippen LogP contribution in [0.2, 0.25) is 0 Å². The van der Waals surface area contributed by atoms with Gasteiger partial charge in [0.15, 0.2) is 0 Å². The highest BCUT2D eigenvalue weighted by Gasteiger charge is 2.09. The van der Waals surface area contributed by atoms with Gasteiger partial charge in [-0.2, -0.15) is 11.3 Å². The number of hydrogen-bond acceptors (Lipinski definition) is 4. The molecule has 1 amide bonds. The molecule has 1 aromatic rings. The number of carbonyl (C=O) groups excluding carboxylic acids is 1. The van der Waals surface area contributed by atoms with Gasteiger partial charge in [-0.25, -0.2) is 0 Å². The summed E-state index contributed by atoms with van der Waals surface area (Å²) in [5.41, 5.74) is 0.863. The highest BCUT2D eigenvalue weighted by atomic mass is 32.1. The molecule has 1 unspecified atom stereocenters. The summed E-state index contributed by atoms with van der Waals surface area (Å²) >= 11 is 1.54. The molecular formula is C13H22N2O2S. The molecule has 0 aliphatic carbocycles. The number of thiophene rings is 1. The van der Waals surface area contributed by atoms with Crippen molar-refractivity contribution in [1.29, 1.82) is 0 Å². The number of aliphatic hydroxyl groups excluding tert-OH is 1. The third-order valence-corrected chi connectivity index (χ3v) is 3.26. The standard InChI is InChI=1S/C13H22N2O2S/c1-10(2)14-6-3-4-13(17)15-8-12(16)11-5-7-18-9-11/h5,7,9-10,12,14,16H,3-4,6,8H2,1-2H3,(H,15,17). The Hall–Kier alpha value is -0.910. The first-order valence-electron chi connectivity index (χ1n) is 6.30. The van der Waals surface area contributed by atoms with Gasteiger partial charge < -0.3 is 15.7 Å². The molecule has 1 atom stereocenters. The molecule has 0 radical (unpaired) electrons. The van der Waals surface area contributed by atoms with E-state index in [1.54, 1.807) is 11.3 Å². The van der Waals surface area contributed by atoms with Crippen LogP contribution in [0.25, 0.3) is 0 Å². The lowest BCUT2D eigenvalue weighted by molar-refractivity contribution is -0.121. The van der Waals surface area contributed by atoms with Crippen LogP contribution >= 0.6 is 11.3 Å². The number of hydrogen-bond donors (Lipinski definition) is 3. The topological polar surface area (TPSA) is 61.4 Å². The van der Waals surface area contributed by atoms with Crippen LogP contribution in [0.5, 0.6) is 0 Å². The van der Waals surface area contributed by atoms with Crippen molar-refractivity contribution in [2.75, 3.05) is 13.1 Å². The summed E-state index contributed by atoms with van der Waals surface area (Å²) in [4.78, 5) is 11.5. The Balaban J connectivity index is 2.10. The van der Waals surface area contributed by atoms with Gasteiger partial charge in [-0.15, -0.1) is 0 Å². The van der Waals surface area contributed by atoms with Gasteiger partial charge in [0.25, 0.3) is 0 Å². The molecule has 0 aromatic carbocycles. The fourth-order valence-electron chi connectivity index (χ4n) is 1.52. The third-order valence-electron chi connectivity index (χ3n) is 2.55. The minimum absolute atomic E-state index is 0.00478. The Labute approximate surface area is 112 Å². The van der Waals surface area contributed by atoms with Gasteiger partial charge in [0, 0.05) is 19.0 Å². The van der Waals surface area contributed by atoms with E-state index in [2.05, 4.69) is 24.5 Å². The normalized spacial score (nSPS) is 12.7. The molecule has 0 aliphatic rings. The van der Waals surface area contributed by atoms with E-state index in [1.807, 2.05) is 16.8 Å². The molecule has 0 saturated carbocycles. The van der Waals surface area contributed by atoms with Crippen molar-refractivity contribution in [3.8, 4) is 0 Å². The number of carbonyl (C=O) groups is 1. The molecule has 0 aliphatic heterocycles. The van der Waals surface area contributed by atoms with Crippen LogP contribution in [0.1, 0.15) is 38.4 Å². The van der Waals surface area contributed by atoms with E-state index >= 15 is 0 Å². The lowest BCUT2D eigenvalue weighted by atomic mass is 10.2. The maximum atomic E-state index is 11.5. The van der Waals surface area contributed by atoms with Gasteiger partial charge in [0.2, 0.25) is 5.91 Å². The van der Waals surface area contributed by atoms with Crippen LogP contribution in [-0.2, 0) is 4.79 Å². The summed E-state index contributed by atoms with van der Waals surface area (Å²) in [7, 11) is 0. The Bertz CT molecular complexity index is 339. The van der Waals surface area contributed by atoms with Gasteiger partial charge >= 0.3 is 0 Å². The molecule has 0 saturated heterocycles. The van der Waals surface area contributed by atoms with E-state index in [0.29, 0.717) is 12.5 Å². The van der Waals surface area contributed by atoms with E-state index in [0.717, 1.165) is 18.5 Å². The minimum atomic E-state index is -0.603. The highest BCUT2D eigenvalue weighted by Crippen LogP contribution is 2.14. The molecule has 4 nitrogen and oxygen atoms in total. The predicted molar refractivity (Wildman–Crippen MR) is 74.7 cm³/mol. The molecule has 1 heterocycles. The van der Waals surface area contributed by atoms with Crippen molar-refractivity contribution < 1.29 is 9.90 Å². The zero-order valence-corrected chi connectivity index (χ0v) is 11.8. The van der Waals surface area contributed by atoms with E-state index in [-0.39, 0.29) is 12.5 Å². The van der Waals surface area contributed by atoms with Gasteiger partial charge in [0.05, 0.1) is 6.10 Å². The van der Waals surface area contributed by atoms with Crippen LogP contribution in [-0.4, -0.2) is 30.1 Å². The number of aliphatic hydroxyl groups is 1. The summed E-state index contributed by atoms with van der Waals surface area (Å²) in [6, 6.07) is 2.32. The largest absolute Gasteiger partial charge is 0.387 e. The van der Waals surface area contributed by atoms with Crippen molar-refractivity contribution in [2.24, 2.45) is 0 Å². The molecule has 1 rings (SSSR count). The van der Waals surface area contributed by atoms with Crippen LogP contribution in [0.4, 0.5) is 0 Å². The molecule has 1 aromatic heterocycles. The fraction of sp³-hybridized carbons (Fsp3) is 0.615. The maximum Gasteiger partial charge on any atom is 0.220 e. The fourth-order valence-corrected chi connectivity index (χ4v) is 2.23. The summed E-state index contributed by atoms with van der Waals surface area (Å²) in [5.74, 6) is -0.00478. The van der Waals surface area contributed by atoms with E-state index in [4.69, 9.17) is 0 Å². The second kappa shape index (κ2) is 8.24. The summed E-state index contributed by atoms with van der Waals surface area (Å²) in [6.45, 7) is 5.29. The number of amides is 1.